The first kappa shape index (κ1) is 13.4. The highest BCUT2D eigenvalue weighted by Crippen LogP contribution is 2.20. The van der Waals surface area contributed by atoms with Crippen molar-refractivity contribution in [3.63, 3.8) is 0 Å². The van der Waals surface area contributed by atoms with E-state index in [9.17, 15) is 14.7 Å². The van der Waals surface area contributed by atoms with Crippen molar-refractivity contribution < 1.29 is 5.11 Å². The molecule has 0 spiro atoms. The predicted octanol–water partition coefficient (Wildman–Crippen LogP) is -1.08. The van der Waals surface area contributed by atoms with Crippen LogP contribution in [0.5, 0.6) is 0 Å². The molecule has 1 saturated heterocycles. The second kappa shape index (κ2) is 4.90. The number of aromatic nitrogens is 2. The summed E-state index contributed by atoms with van der Waals surface area (Å²) in [6, 6.07) is 1.87. The first-order chi connectivity index (χ1) is 8.97. The van der Waals surface area contributed by atoms with Gasteiger partial charge in [-0.25, -0.2) is 4.79 Å². The van der Waals surface area contributed by atoms with Gasteiger partial charge in [0.1, 0.15) is 11.9 Å². The van der Waals surface area contributed by atoms with Crippen LogP contribution in [0.1, 0.15) is 18.4 Å². The van der Waals surface area contributed by atoms with Crippen LogP contribution in [-0.4, -0.2) is 33.4 Å². The zero-order valence-corrected chi connectivity index (χ0v) is 11.0. The molecule has 1 atom stereocenters. The minimum absolute atomic E-state index is 0.0568. The summed E-state index contributed by atoms with van der Waals surface area (Å²) in [5, 5.41) is 18.9. The topological polar surface area (TPSA) is 91.3 Å². The summed E-state index contributed by atoms with van der Waals surface area (Å²) < 4.78 is 2.21. The lowest BCUT2D eigenvalue weighted by Crippen LogP contribution is -2.46. The molecule has 1 aromatic rings. The molecule has 7 nitrogen and oxygen atoms in total. The zero-order valence-electron chi connectivity index (χ0n) is 11.0. The van der Waals surface area contributed by atoms with Gasteiger partial charge in [-0.3, -0.25) is 13.9 Å². The van der Waals surface area contributed by atoms with E-state index in [1.54, 1.807) is 4.90 Å². The number of aliphatic hydroxyl groups is 1. The van der Waals surface area contributed by atoms with Crippen molar-refractivity contribution in [2.75, 3.05) is 18.0 Å². The van der Waals surface area contributed by atoms with Crippen LogP contribution in [0.2, 0.25) is 0 Å². The summed E-state index contributed by atoms with van der Waals surface area (Å²) in [6.07, 6.45) is 0.950. The number of β-amino-alcohol motifs (C(OH)–C–C–N with tert-alkyl or cyclic N) is 1. The molecule has 1 aliphatic rings. The molecule has 0 saturated carbocycles. The van der Waals surface area contributed by atoms with Crippen LogP contribution in [0.3, 0.4) is 0 Å². The number of hydrogen-bond acceptors (Lipinski definition) is 5. The lowest BCUT2D eigenvalue weighted by Gasteiger charge is -2.33. The van der Waals surface area contributed by atoms with Crippen molar-refractivity contribution in [2.45, 2.75) is 18.9 Å². The number of rotatable bonds is 1. The smallest absolute Gasteiger partial charge is 0.332 e. The first-order valence-electron chi connectivity index (χ1n) is 6.10. The van der Waals surface area contributed by atoms with Gasteiger partial charge in [0.05, 0.1) is 6.10 Å². The number of piperidine rings is 1. The highest BCUT2D eigenvalue weighted by Gasteiger charge is 2.25. The second-order valence-corrected chi connectivity index (χ2v) is 4.76. The van der Waals surface area contributed by atoms with Crippen LogP contribution in [0.25, 0.3) is 0 Å². The van der Waals surface area contributed by atoms with Gasteiger partial charge in [0.25, 0.3) is 5.56 Å². The van der Waals surface area contributed by atoms with E-state index in [1.165, 1.54) is 18.7 Å². The third-order valence-corrected chi connectivity index (χ3v) is 3.44. The van der Waals surface area contributed by atoms with E-state index in [-0.39, 0.29) is 5.56 Å². The quantitative estimate of drug-likeness (QED) is 0.696. The SMILES string of the molecule is Cn1c(N2CCCC(O)C2)c(C#N)c(=O)n(C)c1=O. The first-order valence-corrected chi connectivity index (χ1v) is 6.10. The number of hydrogen-bond donors (Lipinski definition) is 1. The number of aliphatic hydroxyl groups excluding tert-OH is 1. The fourth-order valence-corrected chi connectivity index (χ4v) is 2.45. The Hall–Kier alpha value is -2.07. The van der Waals surface area contributed by atoms with Gasteiger partial charge in [-0.15, -0.1) is 0 Å². The van der Waals surface area contributed by atoms with Gasteiger partial charge >= 0.3 is 5.69 Å². The van der Waals surface area contributed by atoms with Crippen LogP contribution >= 0.6 is 0 Å². The van der Waals surface area contributed by atoms with Crippen LogP contribution in [0, 0.1) is 11.3 Å². The normalized spacial score (nSPS) is 19.3. The molecular weight excluding hydrogens is 248 g/mol. The van der Waals surface area contributed by atoms with Crippen molar-refractivity contribution in [3.05, 3.63) is 26.4 Å². The molecule has 1 aromatic heterocycles. The molecule has 0 radical (unpaired) electrons. The van der Waals surface area contributed by atoms with E-state index in [1.807, 2.05) is 6.07 Å². The minimum atomic E-state index is -0.597. The molecule has 7 heteroatoms. The van der Waals surface area contributed by atoms with Gasteiger partial charge < -0.3 is 10.0 Å². The summed E-state index contributed by atoms with van der Waals surface area (Å²) >= 11 is 0. The Bertz CT molecular complexity index is 653. The Balaban J connectivity index is 2.66. The summed E-state index contributed by atoms with van der Waals surface area (Å²) in [5.41, 5.74) is -1.13. The Kier molecular flexibility index (Phi) is 3.44. The average Bonchev–Trinajstić information content (AvgIpc) is 2.40. The number of nitriles is 1. The van der Waals surface area contributed by atoms with Gasteiger partial charge in [0, 0.05) is 27.2 Å². The monoisotopic (exact) mass is 264 g/mol. The van der Waals surface area contributed by atoms with E-state index in [2.05, 4.69) is 0 Å². The molecule has 1 aliphatic heterocycles. The lowest BCUT2D eigenvalue weighted by molar-refractivity contribution is 0.153. The highest BCUT2D eigenvalue weighted by molar-refractivity contribution is 5.53. The van der Waals surface area contributed by atoms with E-state index >= 15 is 0 Å². The van der Waals surface area contributed by atoms with E-state index in [0.717, 1.165) is 11.0 Å². The molecule has 1 N–H and O–H groups in total. The summed E-state index contributed by atoms with van der Waals surface area (Å²) in [7, 11) is 2.87. The summed E-state index contributed by atoms with van der Waals surface area (Å²) in [6.45, 7) is 0.946. The van der Waals surface area contributed by atoms with Crippen molar-refractivity contribution >= 4 is 5.82 Å². The molecule has 0 aromatic carbocycles. The predicted molar refractivity (Wildman–Crippen MR) is 69.1 cm³/mol. The number of anilines is 1. The maximum atomic E-state index is 12.0. The largest absolute Gasteiger partial charge is 0.391 e. The molecule has 2 rings (SSSR count). The molecule has 1 fully saturated rings. The average molecular weight is 264 g/mol. The molecule has 2 heterocycles. The lowest BCUT2D eigenvalue weighted by atomic mass is 10.1. The Morgan fingerprint density at radius 3 is 2.58 bits per heavy atom. The minimum Gasteiger partial charge on any atom is -0.391 e. The maximum absolute atomic E-state index is 12.0. The van der Waals surface area contributed by atoms with Crippen LogP contribution in [0.15, 0.2) is 9.59 Å². The van der Waals surface area contributed by atoms with Crippen LogP contribution in [0.4, 0.5) is 5.82 Å². The molecule has 19 heavy (non-hydrogen) atoms. The van der Waals surface area contributed by atoms with Gasteiger partial charge in [0.2, 0.25) is 0 Å². The molecule has 1 unspecified atom stereocenters. The molecule has 0 amide bonds. The third-order valence-electron chi connectivity index (χ3n) is 3.44. The molecular formula is C12H16N4O3. The van der Waals surface area contributed by atoms with Crippen molar-refractivity contribution in [1.82, 2.24) is 9.13 Å². The van der Waals surface area contributed by atoms with Gasteiger partial charge in [-0.2, -0.15) is 5.26 Å². The van der Waals surface area contributed by atoms with Gasteiger partial charge in [-0.1, -0.05) is 0 Å². The van der Waals surface area contributed by atoms with Crippen molar-refractivity contribution in [2.24, 2.45) is 14.1 Å². The van der Waals surface area contributed by atoms with Crippen molar-refractivity contribution in [3.8, 4) is 6.07 Å². The number of nitrogens with zero attached hydrogens (tertiary/aromatic N) is 4. The standard InChI is InChI=1S/C12H16N4O3/c1-14-10(16-5-3-4-8(17)7-16)9(6-13)11(18)15(2)12(14)19/h8,17H,3-5,7H2,1-2H3. The zero-order chi connectivity index (χ0) is 14.2. The highest BCUT2D eigenvalue weighted by atomic mass is 16.3. The molecule has 0 aliphatic carbocycles. The Labute approximate surface area is 109 Å². The van der Waals surface area contributed by atoms with Crippen LogP contribution < -0.4 is 16.1 Å². The Morgan fingerprint density at radius 2 is 2.00 bits per heavy atom. The fourth-order valence-electron chi connectivity index (χ4n) is 2.45. The van der Waals surface area contributed by atoms with E-state index in [0.29, 0.717) is 25.3 Å². The van der Waals surface area contributed by atoms with Crippen LogP contribution in [-0.2, 0) is 14.1 Å². The maximum Gasteiger partial charge on any atom is 0.332 e. The summed E-state index contributed by atoms with van der Waals surface area (Å²) in [5.74, 6) is 0.300. The van der Waals surface area contributed by atoms with Gasteiger partial charge in [0.15, 0.2) is 5.56 Å². The van der Waals surface area contributed by atoms with Crippen molar-refractivity contribution in [1.29, 1.82) is 5.26 Å². The summed E-state index contributed by atoms with van der Waals surface area (Å²) in [4.78, 5) is 25.6. The molecule has 102 valence electrons. The second-order valence-electron chi connectivity index (χ2n) is 4.76. The van der Waals surface area contributed by atoms with E-state index in [4.69, 9.17) is 5.26 Å². The van der Waals surface area contributed by atoms with E-state index < -0.39 is 17.4 Å². The third kappa shape index (κ3) is 2.15. The van der Waals surface area contributed by atoms with Gasteiger partial charge in [-0.05, 0) is 12.8 Å². The fraction of sp³-hybridized carbons (Fsp3) is 0.583. The molecule has 0 bridgehead atoms. The Morgan fingerprint density at radius 1 is 1.32 bits per heavy atom.